The summed E-state index contributed by atoms with van der Waals surface area (Å²) < 4.78 is 24.3. The molecule has 0 unspecified atom stereocenters. The standard InChI is InChI=1S/C34H41FN8O6/c1-34(2,3)49-29(48)18-38-26(45)17-37-27(46)19-43-24-7-5-6-22(23-9-8-21-16-39-41(4)33(21)31(23)35)30(24)32(40-43)20-12-14-42(15-13-20)28(47)11-10-25(36)44/h5-9,16,20H,10-15,17-19H2,1-4H3,(H2,36,44)(H,37,46)(H,38,45). The van der Waals surface area contributed by atoms with Crippen LogP contribution in [0.25, 0.3) is 32.9 Å². The summed E-state index contributed by atoms with van der Waals surface area (Å²) >= 11 is 0. The van der Waals surface area contributed by atoms with Gasteiger partial charge < -0.3 is 26.0 Å². The summed E-state index contributed by atoms with van der Waals surface area (Å²) in [5.41, 5.74) is 7.10. The number of rotatable bonds is 11. The highest BCUT2D eigenvalue weighted by molar-refractivity contribution is 6.00. The minimum Gasteiger partial charge on any atom is -0.459 e. The fourth-order valence-electron chi connectivity index (χ4n) is 6.09. The first-order chi connectivity index (χ1) is 23.2. The molecule has 2 aromatic carbocycles. The van der Waals surface area contributed by atoms with E-state index in [2.05, 4.69) is 15.7 Å². The molecule has 260 valence electrons. The lowest BCUT2D eigenvalue weighted by Crippen LogP contribution is -2.41. The van der Waals surface area contributed by atoms with Gasteiger partial charge in [-0.1, -0.05) is 24.3 Å². The Balaban J connectivity index is 1.40. The van der Waals surface area contributed by atoms with Gasteiger partial charge in [0.1, 0.15) is 24.2 Å². The van der Waals surface area contributed by atoms with Crippen LogP contribution in [0.2, 0.25) is 0 Å². The second-order valence-corrected chi connectivity index (χ2v) is 13.1. The van der Waals surface area contributed by atoms with Crippen molar-refractivity contribution < 1.29 is 33.1 Å². The molecule has 0 saturated carbocycles. The number of fused-ring (bicyclic) bond motifs is 2. The number of ether oxygens (including phenoxy) is 1. The van der Waals surface area contributed by atoms with Crippen LogP contribution in [-0.4, -0.2) is 85.8 Å². The summed E-state index contributed by atoms with van der Waals surface area (Å²) in [6, 6.07) is 8.91. The van der Waals surface area contributed by atoms with Crippen LogP contribution in [0.4, 0.5) is 4.39 Å². The average Bonchev–Trinajstić information content (AvgIpc) is 3.61. The molecular weight excluding hydrogens is 635 g/mol. The fourth-order valence-corrected chi connectivity index (χ4v) is 6.09. The molecule has 14 nitrogen and oxygen atoms in total. The summed E-state index contributed by atoms with van der Waals surface area (Å²) in [6.07, 6.45) is 2.76. The van der Waals surface area contributed by atoms with Crippen molar-refractivity contribution in [2.75, 3.05) is 26.2 Å². The van der Waals surface area contributed by atoms with Crippen molar-refractivity contribution in [1.29, 1.82) is 0 Å². The Kier molecular flexibility index (Phi) is 10.3. The number of esters is 1. The minimum atomic E-state index is -0.696. The smallest absolute Gasteiger partial charge is 0.325 e. The van der Waals surface area contributed by atoms with E-state index in [0.29, 0.717) is 64.6 Å². The van der Waals surface area contributed by atoms with Crippen molar-refractivity contribution in [3.05, 3.63) is 48.0 Å². The molecule has 0 bridgehead atoms. The minimum absolute atomic E-state index is 0.0167. The number of aryl methyl sites for hydroxylation is 1. The lowest BCUT2D eigenvalue weighted by Gasteiger charge is -2.31. The number of amides is 4. The topological polar surface area (TPSA) is 184 Å². The van der Waals surface area contributed by atoms with Crippen LogP contribution in [0.5, 0.6) is 0 Å². The normalized spacial score (nSPS) is 13.9. The van der Waals surface area contributed by atoms with Crippen LogP contribution in [0, 0.1) is 5.82 Å². The van der Waals surface area contributed by atoms with Gasteiger partial charge in [-0.15, -0.1) is 0 Å². The maximum Gasteiger partial charge on any atom is 0.325 e. The molecule has 0 radical (unpaired) electrons. The zero-order chi connectivity index (χ0) is 35.5. The Morgan fingerprint density at radius 3 is 2.39 bits per heavy atom. The number of nitrogens with one attached hydrogen (secondary N) is 2. The van der Waals surface area contributed by atoms with Crippen LogP contribution in [0.3, 0.4) is 0 Å². The highest BCUT2D eigenvalue weighted by atomic mass is 19.1. The van der Waals surface area contributed by atoms with Crippen molar-refractivity contribution in [3.8, 4) is 11.1 Å². The maximum absolute atomic E-state index is 16.1. The van der Waals surface area contributed by atoms with E-state index in [-0.39, 0.29) is 44.3 Å². The van der Waals surface area contributed by atoms with Crippen LogP contribution in [0.15, 0.2) is 36.5 Å². The number of halogens is 1. The van der Waals surface area contributed by atoms with E-state index in [1.165, 1.54) is 9.36 Å². The fraction of sp³-hybridized carbons (Fsp3) is 0.441. The van der Waals surface area contributed by atoms with Gasteiger partial charge in [0.25, 0.3) is 0 Å². The van der Waals surface area contributed by atoms with E-state index < -0.39 is 35.1 Å². The first kappa shape index (κ1) is 35.0. The SMILES string of the molecule is Cn1ncc2ccc(-c3cccc4c3c(C3CCN(C(=O)CCC(N)=O)CC3)nn4CC(=O)NCC(=O)NCC(=O)OC(C)(C)C)c(F)c21. The Bertz CT molecular complexity index is 1920. The van der Waals surface area contributed by atoms with Crippen molar-refractivity contribution >= 4 is 51.4 Å². The Hall–Kier alpha value is -5.34. The lowest BCUT2D eigenvalue weighted by molar-refractivity contribution is -0.154. The van der Waals surface area contributed by atoms with Crippen molar-refractivity contribution in [2.24, 2.45) is 12.8 Å². The van der Waals surface area contributed by atoms with Crippen molar-refractivity contribution in [3.63, 3.8) is 0 Å². The zero-order valence-corrected chi connectivity index (χ0v) is 28.0. The van der Waals surface area contributed by atoms with E-state index in [1.54, 1.807) is 63.2 Å². The maximum atomic E-state index is 16.1. The first-order valence-electron chi connectivity index (χ1n) is 16.1. The molecular formula is C34H41FN8O6. The molecule has 3 heterocycles. The van der Waals surface area contributed by atoms with Crippen LogP contribution < -0.4 is 16.4 Å². The molecule has 2 aromatic heterocycles. The van der Waals surface area contributed by atoms with E-state index in [9.17, 15) is 24.0 Å². The third-order valence-corrected chi connectivity index (χ3v) is 8.35. The molecule has 4 N–H and O–H groups in total. The van der Waals surface area contributed by atoms with Gasteiger partial charge in [-0.05, 0) is 45.2 Å². The number of likely N-dealkylation sites (tertiary alicyclic amines) is 1. The van der Waals surface area contributed by atoms with Crippen molar-refractivity contribution in [1.82, 2.24) is 35.1 Å². The number of nitrogens with zero attached hydrogens (tertiary/aromatic N) is 5. The molecule has 49 heavy (non-hydrogen) atoms. The van der Waals surface area contributed by atoms with Crippen LogP contribution in [0.1, 0.15) is 58.1 Å². The first-order valence-corrected chi connectivity index (χ1v) is 16.1. The third-order valence-electron chi connectivity index (χ3n) is 8.35. The van der Waals surface area contributed by atoms with Gasteiger partial charge in [0.05, 0.1) is 24.0 Å². The lowest BCUT2D eigenvalue weighted by atomic mass is 9.88. The highest BCUT2D eigenvalue weighted by Crippen LogP contribution is 2.40. The summed E-state index contributed by atoms with van der Waals surface area (Å²) in [7, 11) is 1.67. The number of nitrogens with two attached hydrogens (primary N) is 1. The number of hydrogen-bond donors (Lipinski definition) is 3. The zero-order valence-electron chi connectivity index (χ0n) is 28.0. The molecule has 15 heteroatoms. The number of piperidine rings is 1. The van der Waals surface area contributed by atoms with E-state index in [1.807, 2.05) is 6.07 Å². The van der Waals surface area contributed by atoms with E-state index in [4.69, 9.17) is 15.6 Å². The molecule has 4 amide bonds. The molecule has 0 spiro atoms. The number of benzene rings is 2. The largest absolute Gasteiger partial charge is 0.459 e. The molecule has 1 aliphatic rings. The predicted octanol–water partition coefficient (Wildman–Crippen LogP) is 2.27. The molecule has 0 atom stereocenters. The molecule has 5 rings (SSSR count). The molecule has 0 aliphatic carbocycles. The van der Waals surface area contributed by atoms with Gasteiger partial charge in [-0.3, -0.25) is 33.3 Å². The summed E-state index contributed by atoms with van der Waals surface area (Å²) in [5.74, 6) is -2.89. The monoisotopic (exact) mass is 676 g/mol. The van der Waals surface area contributed by atoms with Gasteiger partial charge in [0, 0.05) is 55.2 Å². The van der Waals surface area contributed by atoms with Crippen molar-refractivity contribution in [2.45, 2.75) is 64.5 Å². The highest BCUT2D eigenvalue weighted by Gasteiger charge is 2.30. The number of primary amides is 1. The van der Waals surface area contributed by atoms with E-state index in [0.717, 1.165) is 0 Å². The third kappa shape index (κ3) is 8.21. The molecule has 1 fully saturated rings. The van der Waals surface area contributed by atoms with E-state index >= 15 is 4.39 Å². The Morgan fingerprint density at radius 2 is 1.69 bits per heavy atom. The quantitative estimate of drug-likeness (QED) is 0.202. The number of carbonyl (C=O) groups is 5. The second-order valence-electron chi connectivity index (χ2n) is 13.1. The number of carbonyl (C=O) groups excluding carboxylic acids is 5. The van der Waals surface area contributed by atoms with Gasteiger partial charge in [-0.25, -0.2) is 4.39 Å². The second kappa shape index (κ2) is 14.4. The Morgan fingerprint density at radius 1 is 0.980 bits per heavy atom. The molecule has 1 aliphatic heterocycles. The number of hydrogen-bond acceptors (Lipinski definition) is 8. The average molecular weight is 677 g/mol. The van der Waals surface area contributed by atoms with Crippen LogP contribution in [-0.2, 0) is 42.3 Å². The Labute approximate surface area is 282 Å². The summed E-state index contributed by atoms with van der Waals surface area (Å²) in [6.45, 7) is 5.10. The van der Waals surface area contributed by atoms with Gasteiger partial charge in [0.15, 0.2) is 5.82 Å². The van der Waals surface area contributed by atoms with Crippen LogP contribution >= 0.6 is 0 Å². The van der Waals surface area contributed by atoms with Gasteiger partial charge in [0.2, 0.25) is 23.6 Å². The van der Waals surface area contributed by atoms with Gasteiger partial charge in [-0.2, -0.15) is 10.2 Å². The van der Waals surface area contributed by atoms with Gasteiger partial charge >= 0.3 is 5.97 Å². The summed E-state index contributed by atoms with van der Waals surface area (Å²) in [5, 5.41) is 15.4. The number of aromatic nitrogens is 4. The molecule has 1 saturated heterocycles. The molecule has 4 aromatic rings. The summed E-state index contributed by atoms with van der Waals surface area (Å²) in [4.78, 5) is 62.9. The predicted molar refractivity (Wildman–Crippen MR) is 178 cm³/mol.